The number of Topliss-reactive ketones (excluding diaryl/α,β-unsaturated/α-hetero) is 1. The molecule has 2 bridgehead atoms. The number of hydrogen-bond donors (Lipinski definition) is 0. The van der Waals surface area contributed by atoms with Crippen LogP contribution in [0.4, 0.5) is 0 Å². The van der Waals surface area contributed by atoms with E-state index < -0.39 is 21.6 Å². The Labute approximate surface area is 235 Å². The molecule has 5 rings (SSSR count). The molecular weight excluding hydrogens is 534 g/mol. The summed E-state index contributed by atoms with van der Waals surface area (Å²) in [5.74, 6) is -0.826. The monoisotopic (exact) mass is 567 g/mol. The molecule has 7 nitrogen and oxygen atoms in total. The Morgan fingerprint density at radius 1 is 0.872 bits per heavy atom. The summed E-state index contributed by atoms with van der Waals surface area (Å²) >= 11 is 6.24. The van der Waals surface area contributed by atoms with Crippen LogP contribution in [0.5, 0.6) is 0 Å². The van der Waals surface area contributed by atoms with Gasteiger partial charge in [0.15, 0.2) is 5.78 Å². The van der Waals surface area contributed by atoms with Crippen molar-refractivity contribution in [3.05, 3.63) is 70.8 Å². The molecule has 0 radical (unpaired) electrons. The topological polar surface area (TPSA) is 79.7 Å². The third-order valence-corrected chi connectivity index (χ3v) is 9.95. The average Bonchev–Trinajstić information content (AvgIpc) is 3.24. The van der Waals surface area contributed by atoms with Gasteiger partial charge in [0, 0.05) is 48.7 Å². The second-order valence-electron chi connectivity index (χ2n) is 10.6. The maximum absolute atomic E-state index is 13.5. The van der Waals surface area contributed by atoms with Crippen molar-refractivity contribution in [1.82, 2.24) is 13.8 Å². The van der Waals surface area contributed by atoms with Crippen LogP contribution in [-0.2, 0) is 21.4 Å². The largest absolute Gasteiger partial charge is 0.340 e. The number of nitrogens with zero attached hydrogens (tertiary/aromatic N) is 3. The van der Waals surface area contributed by atoms with Crippen molar-refractivity contribution >= 4 is 44.2 Å². The molecule has 3 aromatic rings. The van der Waals surface area contributed by atoms with Gasteiger partial charge in [-0.3, -0.25) is 9.59 Å². The first-order valence-corrected chi connectivity index (χ1v) is 15.4. The molecular formula is C30H34ClN3O4S. The summed E-state index contributed by atoms with van der Waals surface area (Å²) in [4.78, 5) is 28.4. The van der Waals surface area contributed by atoms with Gasteiger partial charge in [-0.15, -0.1) is 0 Å². The molecule has 2 aromatic carbocycles. The summed E-state index contributed by atoms with van der Waals surface area (Å²) in [7, 11) is -0.594. The molecule has 1 aliphatic heterocycles. The number of rotatable bonds is 2. The summed E-state index contributed by atoms with van der Waals surface area (Å²) in [6.45, 7) is 0.575. The number of fused-ring (bicyclic) bond motifs is 1. The highest BCUT2D eigenvalue weighted by molar-refractivity contribution is 7.89. The zero-order valence-electron chi connectivity index (χ0n) is 22.4. The van der Waals surface area contributed by atoms with Crippen molar-refractivity contribution < 1.29 is 18.0 Å². The van der Waals surface area contributed by atoms with Crippen LogP contribution in [0.3, 0.4) is 0 Å². The van der Waals surface area contributed by atoms with Gasteiger partial charge in [-0.05, 0) is 48.1 Å². The van der Waals surface area contributed by atoms with Gasteiger partial charge in [0.05, 0.1) is 5.69 Å². The van der Waals surface area contributed by atoms with Crippen LogP contribution in [0.15, 0.2) is 54.6 Å². The number of ketones is 1. The molecule has 1 saturated carbocycles. The van der Waals surface area contributed by atoms with Gasteiger partial charge in [-0.1, -0.05) is 67.3 Å². The molecule has 1 amide bonds. The van der Waals surface area contributed by atoms with Crippen molar-refractivity contribution in [2.24, 2.45) is 0 Å². The predicted octanol–water partition coefficient (Wildman–Crippen LogP) is 5.48. The molecule has 1 fully saturated rings. The Bertz CT molecular complexity index is 1540. The Morgan fingerprint density at radius 3 is 2.26 bits per heavy atom. The van der Waals surface area contributed by atoms with E-state index in [0.717, 1.165) is 47.8 Å². The molecule has 9 heteroatoms. The smallest absolute Gasteiger partial charge is 0.242 e. The third-order valence-electron chi connectivity index (χ3n) is 7.97. The molecule has 0 saturated heterocycles. The number of sulfonamides is 1. The Kier molecular flexibility index (Phi) is 7.99. The summed E-state index contributed by atoms with van der Waals surface area (Å²) in [5, 5.41) is 1.64. The van der Waals surface area contributed by atoms with Crippen LogP contribution >= 0.6 is 11.6 Å². The first kappa shape index (κ1) is 27.6. The van der Waals surface area contributed by atoms with E-state index in [1.165, 1.54) is 23.3 Å². The van der Waals surface area contributed by atoms with Crippen LogP contribution in [0.25, 0.3) is 22.2 Å². The second kappa shape index (κ2) is 11.3. The third kappa shape index (κ3) is 5.69. The fraction of sp³-hybridized carbons (Fsp3) is 0.400. The number of halogens is 1. The first-order valence-electron chi connectivity index (χ1n) is 13.4. The number of hydrogen-bond acceptors (Lipinski definition) is 4. The molecule has 2 aliphatic rings. The van der Waals surface area contributed by atoms with Crippen LogP contribution < -0.4 is 0 Å². The highest BCUT2D eigenvalue weighted by Crippen LogP contribution is 2.44. The van der Waals surface area contributed by atoms with E-state index >= 15 is 0 Å². The minimum atomic E-state index is -3.80. The normalized spacial score (nSPS) is 20.7. The fourth-order valence-electron chi connectivity index (χ4n) is 5.72. The lowest BCUT2D eigenvalue weighted by Crippen LogP contribution is -2.32. The average molecular weight is 568 g/mol. The first-order chi connectivity index (χ1) is 18.7. The van der Waals surface area contributed by atoms with Gasteiger partial charge in [0.25, 0.3) is 0 Å². The molecule has 0 spiro atoms. The lowest BCUT2D eigenvalue weighted by atomic mass is 9.81. The molecule has 206 valence electrons. The van der Waals surface area contributed by atoms with Crippen LogP contribution in [0, 0.1) is 0 Å². The zero-order valence-corrected chi connectivity index (χ0v) is 24.0. The summed E-state index contributed by atoms with van der Waals surface area (Å²) in [5.41, 5.74) is 4.20. The SMILES string of the molecule is CN1C/C=C\CN(C)S(=O)(=O)CC(=O)c2ccc3c(C4CCCCC4)c(-c4ccc(Cl)cc4)n(c3c2)CC1=O. The molecule has 0 N–H and O–H groups in total. The quantitative estimate of drug-likeness (QED) is 0.384. The molecule has 1 aromatic heterocycles. The van der Waals surface area contributed by atoms with Gasteiger partial charge >= 0.3 is 0 Å². The number of carbonyl (C=O) groups excluding carboxylic acids is 2. The van der Waals surface area contributed by atoms with E-state index in [9.17, 15) is 18.0 Å². The molecule has 1 aliphatic carbocycles. The van der Waals surface area contributed by atoms with E-state index in [1.807, 2.05) is 34.9 Å². The van der Waals surface area contributed by atoms with Crippen molar-refractivity contribution in [3.8, 4) is 11.3 Å². The number of benzene rings is 2. The van der Waals surface area contributed by atoms with E-state index in [2.05, 4.69) is 0 Å². The van der Waals surface area contributed by atoms with E-state index in [1.54, 1.807) is 36.2 Å². The van der Waals surface area contributed by atoms with Crippen LogP contribution in [0.2, 0.25) is 5.02 Å². The number of amides is 1. The maximum atomic E-state index is 13.5. The van der Waals surface area contributed by atoms with E-state index in [-0.39, 0.29) is 19.0 Å². The Hall–Kier alpha value is -2.94. The summed E-state index contributed by atoms with van der Waals surface area (Å²) < 4.78 is 29.0. The molecule has 2 heterocycles. The number of aromatic nitrogens is 1. The summed E-state index contributed by atoms with van der Waals surface area (Å²) in [6.07, 6.45) is 9.11. The summed E-state index contributed by atoms with van der Waals surface area (Å²) in [6, 6.07) is 13.1. The Morgan fingerprint density at radius 2 is 1.54 bits per heavy atom. The number of carbonyl (C=O) groups is 2. The highest BCUT2D eigenvalue weighted by atomic mass is 35.5. The van der Waals surface area contributed by atoms with Gasteiger partial charge in [-0.2, -0.15) is 0 Å². The van der Waals surface area contributed by atoms with E-state index in [4.69, 9.17) is 11.6 Å². The predicted molar refractivity (Wildman–Crippen MR) is 156 cm³/mol. The van der Waals surface area contributed by atoms with Gasteiger partial charge in [0.1, 0.15) is 12.3 Å². The van der Waals surface area contributed by atoms with Crippen LogP contribution in [-0.4, -0.2) is 66.8 Å². The van der Waals surface area contributed by atoms with Crippen molar-refractivity contribution in [2.75, 3.05) is 32.9 Å². The minimum Gasteiger partial charge on any atom is -0.340 e. The van der Waals surface area contributed by atoms with E-state index in [0.29, 0.717) is 23.0 Å². The number of likely N-dealkylation sites (N-methyl/N-ethyl adjacent to an activating group) is 2. The minimum absolute atomic E-state index is 0.0745. The van der Waals surface area contributed by atoms with Crippen molar-refractivity contribution in [2.45, 2.75) is 44.6 Å². The fourth-order valence-corrected chi connectivity index (χ4v) is 6.88. The van der Waals surface area contributed by atoms with Gasteiger partial charge in [-0.25, -0.2) is 12.7 Å². The molecule has 0 unspecified atom stereocenters. The van der Waals surface area contributed by atoms with Crippen LogP contribution in [0.1, 0.15) is 53.9 Å². The highest BCUT2D eigenvalue weighted by Gasteiger charge is 2.29. The molecule has 0 atom stereocenters. The molecule has 39 heavy (non-hydrogen) atoms. The van der Waals surface area contributed by atoms with Crippen molar-refractivity contribution in [1.29, 1.82) is 0 Å². The van der Waals surface area contributed by atoms with Gasteiger partial charge in [0.2, 0.25) is 15.9 Å². The second-order valence-corrected chi connectivity index (χ2v) is 13.1. The standard InChI is InChI=1S/C30H34ClN3O4S/c1-32-16-6-7-17-33(2)39(37,38)20-27(35)23-12-15-25-26(18-23)34(19-28(32)36)30(22-10-13-24(31)14-11-22)29(25)21-8-4-3-5-9-21/h6-7,10-15,18,21H,3-5,8-9,16-17,19-20H2,1-2H3/b7-6-. The maximum Gasteiger partial charge on any atom is 0.242 e. The van der Waals surface area contributed by atoms with Crippen molar-refractivity contribution in [3.63, 3.8) is 0 Å². The Balaban J connectivity index is 1.76. The lowest BCUT2D eigenvalue weighted by Gasteiger charge is -2.24. The zero-order chi connectivity index (χ0) is 27.7. The lowest BCUT2D eigenvalue weighted by molar-refractivity contribution is -0.129. The van der Waals surface area contributed by atoms with Gasteiger partial charge < -0.3 is 9.47 Å².